The van der Waals surface area contributed by atoms with Crippen molar-refractivity contribution in [2.45, 2.75) is 6.92 Å². The molecule has 0 atom stereocenters. The lowest BCUT2D eigenvalue weighted by Crippen LogP contribution is -1.98. The molecule has 0 amide bonds. The number of fused-ring (bicyclic) bond motifs is 4. The third-order valence-corrected chi connectivity index (χ3v) is 7.98. The molecular weight excluding hydrogens is 444 g/mol. The SMILES string of the molecule is Cc1cc(-c2cccc3c2sc2ccccc23)ccc1-c1nc2ccccc2n1-c1ccccc1. The standard InChI is InChI=1S/C32H22N2S/c1-21-20-22(25-13-9-14-27-26-12-5-8-17-30(26)35-31(25)27)18-19-24(21)32-33-28-15-6-7-16-29(28)34(32)23-10-3-2-4-11-23/h2-20H,1H3. The van der Waals surface area contributed by atoms with Crippen molar-refractivity contribution < 1.29 is 0 Å². The molecule has 5 aromatic carbocycles. The summed E-state index contributed by atoms with van der Waals surface area (Å²) in [5.74, 6) is 0.974. The maximum Gasteiger partial charge on any atom is 0.145 e. The highest BCUT2D eigenvalue weighted by Gasteiger charge is 2.17. The van der Waals surface area contributed by atoms with Gasteiger partial charge in [0.1, 0.15) is 5.82 Å². The first-order valence-corrected chi connectivity index (χ1v) is 12.6. The highest BCUT2D eigenvalue weighted by atomic mass is 32.1. The van der Waals surface area contributed by atoms with Crippen molar-refractivity contribution in [2.24, 2.45) is 0 Å². The molecule has 0 saturated carbocycles. The fourth-order valence-electron chi connectivity index (χ4n) is 5.10. The largest absolute Gasteiger partial charge is 0.292 e. The zero-order valence-electron chi connectivity index (χ0n) is 19.3. The van der Waals surface area contributed by atoms with E-state index in [1.165, 1.54) is 36.9 Å². The van der Waals surface area contributed by atoms with Gasteiger partial charge in [-0.15, -0.1) is 11.3 Å². The summed E-state index contributed by atoms with van der Waals surface area (Å²) in [6, 6.07) is 41.0. The average molecular weight is 467 g/mol. The van der Waals surface area contributed by atoms with E-state index in [2.05, 4.69) is 127 Å². The van der Waals surface area contributed by atoms with Crippen LogP contribution < -0.4 is 0 Å². The number of imidazole rings is 1. The number of benzene rings is 5. The molecule has 7 aromatic rings. The summed E-state index contributed by atoms with van der Waals surface area (Å²) in [4.78, 5) is 5.07. The van der Waals surface area contributed by atoms with Crippen molar-refractivity contribution in [3.63, 3.8) is 0 Å². The van der Waals surface area contributed by atoms with Crippen LogP contribution in [0.3, 0.4) is 0 Å². The van der Waals surface area contributed by atoms with Gasteiger partial charge in [0.2, 0.25) is 0 Å². The number of rotatable bonds is 3. The van der Waals surface area contributed by atoms with Gasteiger partial charge < -0.3 is 0 Å². The maximum absolute atomic E-state index is 5.07. The van der Waals surface area contributed by atoms with Crippen LogP contribution in [-0.4, -0.2) is 9.55 Å². The van der Waals surface area contributed by atoms with Gasteiger partial charge in [0.05, 0.1) is 11.0 Å². The van der Waals surface area contributed by atoms with Crippen LogP contribution in [0, 0.1) is 6.92 Å². The third-order valence-electron chi connectivity index (χ3n) is 6.76. The fourth-order valence-corrected chi connectivity index (χ4v) is 6.34. The van der Waals surface area contributed by atoms with E-state index < -0.39 is 0 Å². The molecular formula is C32H22N2S. The van der Waals surface area contributed by atoms with Crippen molar-refractivity contribution in [1.82, 2.24) is 9.55 Å². The first-order chi connectivity index (χ1) is 17.3. The Morgan fingerprint density at radius 1 is 0.657 bits per heavy atom. The van der Waals surface area contributed by atoms with E-state index in [0.717, 1.165) is 28.1 Å². The molecule has 0 unspecified atom stereocenters. The Morgan fingerprint density at radius 3 is 2.31 bits per heavy atom. The Morgan fingerprint density at radius 2 is 1.43 bits per heavy atom. The maximum atomic E-state index is 5.07. The number of nitrogens with zero attached hydrogens (tertiary/aromatic N) is 2. The fraction of sp³-hybridized carbons (Fsp3) is 0.0312. The molecule has 0 N–H and O–H groups in total. The first-order valence-electron chi connectivity index (χ1n) is 11.8. The van der Waals surface area contributed by atoms with Crippen LogP contribution >= 0.6 is 11.3 Å². The van der Waals surface area contributed by atoms with Gasteiger partial charge in [0.15, 0.2) is 0 Å². The summed E-state index contributed by atoms with van der Waals surface area (Å²) in [6.07, 6.45) is 0. The van der Waals surface area contributed by atoms with Gasteiger partial charge in [-0.1, -0.05) is 84.9 Å². The predicted octanol–water partition coefficient (Wildman–Crippen LogP) is 9.04. The molecule has 0 saturated heterocycles. The van der Waals surface area contributed by atoms with Crippen LogP contribution in [0.5, 0.6) is 0 Å². The molecule has 0 aliphatic carbocycles. The summed E-state index contributed by atoms with van der Waals surface area (Å²) in [6.45, 7) is 2.19. The summed E-state index contributed by atoms with van der Waals surface area (Å²) in [7, 11) is 0. The van der Waals surface area contributed by atoms with Gasteiger partial charge in [-0.3, -0.25) is 4.57 Å². The molecule has 0 aliphatic rings. The lowest BCUT2D eigenvalue weighted by atomic mass is 9.98. The molecule has 2 heterocycles. The molecule has 2 aromatic heterocycles. The van der Waals surface area contributed by atoms with Crippen molar-refractivity contribution >= 4 is 42.5 Å². The zero-order valence-corrected chi connectivity index (χ0v) is 20.1. The number of aryl methyl sites for hydroxylation is 1. The molecule has 0 bridgehead atoms. The Balaban J connectivity index is 1.42. The van der Waals surface area contributed by atoms with Gasteiger partial charge in [0.25, 0.3) is 0 Å². The van der Waals surface area contributed by atoms with Gasteiger partial charge in [-0.2, -0.15) is 0 Å². The van der Waals surface area contributed by atoms with Crippen molar-refractivity contribution in [2.75, 3.05) is 0 Å². The smallest absolute Gasteiger partial charge is 0.145 e. The molecule has 3 heteroatoms. The highest BCUT2D eigenvalue weighted by molar-refractivity contribution is 7.26. The van der Waals surface area contributed by atoms with E-state index in [1.54, 1.807) is 0 Å². The molecule has 0 spiro atoms. The predicted molar refractivity (Wildman–Crippen MR) is 150 cm³/mol. The van der Waals surface area contributed by atoms with Gasteiger partial charge in [0, 0.05) is 31.4 Å². The van der Waals surface area contributed by atoms with Gasteiger partial charge >= 0.3 is 0 Å². The first kappa shape index (κ1) is 20.2. The number of hydrogen-bond acceptors (Lipinski definition) is 2. The summed E-state index contributed by atoms with van der Waals surface area (Å²) in [5, 5.41) is 2.66. The van der Waals surface area contributed by atoms with E-state index >= 15 is 0 Å². The van der Waals surface area contributed by atoms with Crippen LogP contribution in [0.4, 0.5) is 0 Å². The monoisotopic (exact) mass is 466 g/mol. The Hall–Kier alpha value is -4.21. The molecule has 7 rings (SSSR count). The second-order valence-electron chi connectivity index (χ2n) is 8.91. The lowest BCUT2D eigenvalue weighted by Gasteiger charge is -2.13. The minimum atomic E-state index is 0.974. The minimum Gasteiger partial charge on any atom is -0.292 e. The van der Waals surface area contributed by atoms with Gasteiger partial charge in [-0.25, -0.2) is 4.98 Å². The molecule has 0 radical (unpaired) electrons. The molecule has 0 aliphatic heterocycles. The van der Waals surface area contributed by atoms with Crippen molar-refractivity contribution in [1.29, 1.82) is 0 Å². The van der Waals surface area contributed by atoms with Crippen molar-refractivity contribution in [3.8, 4) is 28.2 Å². The van der Waals surface area contributed by atoms with Crippen LogP contribution in [0.1, 0.15) is 5.56 Å². The molecule has 0 fully saturated rings. The van der Waals surface area contributed by atoms with E-state index in [9.17, 15) is 0 Å². The van der Waals surface area contributed by atoms with E-state index in [-0.39, 0.29) is 0 Å². The Labute approximate surface area is 207 Å². The van der Waals surface area contributed by atoms with Crippen molar-refractivity contribution in [3.05, 3.63) is 121 Å². The van der Waals surface area contributed by atoms with Crippen LogP contribution in [0.2, 0.25) is 0 Å². The summed E-state index contributed by atoms with van der Waals surface area (Å²) < 4.78 is 4.95. The van der Waals surface area contributed by atoms with Crippen LogP contribution in [-0.2, 0) is 0 Å². The topological polar surface area (TPSA) is 17.8 Å². The normalized spacial score (nSPS) is 11.6. The Kier molecular flexibility index (Phi) is 4.58. The quantitative estimate of drug-likeness (QED) is 0.254. The zero-order chi connectivity index (χ0) is 23.4. The average Bonchev–Trinajstić information content (AvgIpc) is 3.48. The summed E-state index contributed by atoms with van der Waals surface area (Å²) >= 11 is 1.88. The lowest BCUT2D eigenvalue weighted by molar-refractivity contribution is 1.10. The van der Waals surface area contributed by atoms with Crippen LogP contribution in [0.25, 0.3) is 59.4 Å². The second-order valence-corrected chi connectivity index (χ2v) is 9.96. The molecule has 2 nitrogen and oxygen atoms in total. The summed E-state index contributed by atoms with van der Waals surface area (Å²) in [5.41, 5.74) is 8.14. The minimum absolute atomic E-state index is 0.974. The van der Waals surface area contributed by atoms with Crippen LogP contribution in [0.15, 0.2) is 115 Å². The second kappa shape index (κ2) is 7.93. The van der Waals surface area contributed by atoms with E-state index in [1.807, 2.05) is 11.3 Å². The number of para-hydroxylation sites is 3. The Bertz CT molecular complexity index is 1860. The highest BCUT2D eigenvalue weighted by Crippen LogP contribution is 2.41. The number of aromatic nitrogens is 2. The number of hydrogen-bond donors (Lipinski definition) is 0. The van der Waals surface area contributed by atoms with E-state index in [0.29, 0.717) is 0 Å². The third kappa shape index (κ3) is 3.20. The molecule has 166 valence electrons. The van der Waals surface area contributed by atoms with Gasteiger partial charge in [-0.05, 0) is 53.9 Å². The van der Waals surface area contributed by atoms with E-state index in [4.69, 9.17) is 4.98 Å². The molecule has 35 heavy (non-hydrogen) atoms. The number of thiophene rings is 1.